The Morgan fingerprint density at radius 2 is 1.89 bits per heavy atom. The van der Waals surface area contributed by atoms with Gasteiger partial charge in [0.1, 0.15) is 11.6 Å². The first-order valence-corrected chi connectivity index (χ1v) is 11.8. The normalized spacial score (nSPS) is 16.1. The largest absolute Gasteiger partial charge is 0.416 e. The molecular weight excluding hydrogens is 467 g/mol. The summed E-state index contributed by atoms with van der Waals surface area (Å²) in [6, 6.07) is 7.58. The van der Waals surface area contributed by atoms with Gasteiger partial charge in [-0.1, -0.05) is 6.08 Å². The zero-order chi connectivity index (χ0) is 26.2. The van der Waals surface area contributed by atoms with E-state index in [0.29, 0.717) is 23.6 Å². The number of nitrogens with zero attached hydrogens (tertiary/aromatic N) is 3. The number of aryl methyl sites for hydroxylation is 2. The van der Waals surface area contributed by atoms with Crippen molar-refractivity contribution in [3.8, 4) is 0 Å². The smallest absolute Gasteiger partial charge is 0.399 e. The highest BCUT2D eigenvalue weighted by molar-refractivity contribution is 5.93. The van der Waals surface area contributed by atoms with Gasteiger partial charge in [0.2, 0.25) is 5.91 Å². The highest BCUT2D eigenvalue weighted by Gasteiger charge is 2.31. The lowest BCUT2D eigenvalue weighted by atomic mass is 9.84. The minimum Gasteiger partial charge on any atom is -0.399 e. The number of nitrogens with two attached hydrogens (primary N) is 1. The first-order valence-electron chi connectivity index (χ1n) is 11.8. The summed E-state index contributed by atoms with van der Waals surface area (Å²) >= 11 is 0. The van der Waals surface area contributed by atoms with Crippen LogP contribution >= 0.6 is 0 Å². The fourth-order valence-electron chi connectivity index (χ4n) is 4.72. The maximum atomic E-state index is 13.2. The van der Waals surface area contributed by atoms with Crippen LogP contribution < -0.4 is 11.1 Å². The third-order valence-electron chi connectivity index (χ3n) is 6.50. The lowest BCUT2D eigenvalue weighted by Crippen LogP contribution is -2.30. The number of alkyl halides is 3. The zero-order valence-corrected chi connectivity index (χ0v) is 20.8. The fraction of sp³-hybridized carbons (Fsp3) is 0.370. The maximum Gasteiger partial charge on any atom is 0.416 e. The van der Waals surface area contributed by atoms with Gasteiger partial charge in [-0.3, -0.25) is 4.79 Å². The third kappa shape index (κ3) is 5.45. The van der Waals surface area contributed by atoms with E-state index in [9.17, 15) is 18.0 Å². The Labute approximate surface area is 208 Å². The SMILES string of the molecule is Cc1nc(NCc2cc(N)cc(C(F)(F)F)c2)c2cc(C3=CCC(C(=O)N(C)C)CC3)c(C)cc2n1. The van der Waals surface area contributed by atoms with Gasteiger partial charge < -0.3 is 16.0 Å². The van der Waals surface area contributed by atoms with Crippen LogP contribution in [0.3, 0.4) is 0 Å². The Balaban J connectivity index is 1.65. The van der Waals surface area contributed by atoms with E-state index in [1.54, 1.807) is 25.9 Å². The first-order chi connectivity index (χ1) is 16.9. The topological polar surface area (TPSA) is 84.1 Å². The lowest BCUT2D eigenvalue weighted by molar-refractivity contribution is -0.137. The second-order valence-electron chi connectivity index (χ2n) is 9.55. The number of hydrogen-bond acceptors (Lipinski definition) is 5. The Hall–Kier alpha value is -3.62. The summed E-state index contributed by atoms with van der Waals surface area (Å²) in [6.07, 6.45) is -0.0748. The van der Waals surface area contributed by atoms with E-state index in [2.05, 4.69) is 21.4 Å². The molecule has 4 rings (SSSR count). The number of amides is 1. The van der Waals surface area contributed by atoms with Crippen molar-refractivity contribution < 1.29 is 18.0 Å². The van der Waals surface area contributed by atoms with Crippen LogP contribution in [0.15, 0.2) is 36.4 Å². The predicted molar refractivity (Wildman–Crippen MR) is 136 cm³/mol. The molecule has 0 saturated carbocycles. The number of aromatic nitrogens is 2. The standard InChI is InChI=1S/C27H30F3N5O/c1-15-9-24-23(13-22(15)18-5-7-19(8-6-18)26(36)35(3)4)25(34-16(2)33-24)32-14-17-10-20(27(28,29)30)12-21(31)11-17/h5,9-13,19H,6-8,14,31H2,1-4H3,(H,32,33,34). The number of hydrogen-bond donors (Lipinski definition) is 2. The Morgan fingerprint density at radius 3 is 2.53 bits per heavy atom. The second-order valence-corrected chi connectivity index (χ2v) is 9.55. The van der Waals surface area contributed by atoms with E-state index in [-0.39, 0.29) is 24.1 Å². The van der Waals surface area contributed by atoms with Gasteiger partial charge in [0.05, 0.1) is 11.1 Å². The van der Waals surface area contributed by atoms with Crippen molar-refractivity contribution in [3.63, 3.8) is 0 Å². The van der Waals surface area contributed by atoms with Crippen molar-refractivity contribution in [2.45, 2.75) is 45.8 Å². The van der Waals surface area contributed by atoms with Crippen LogP contribution in [0, 0.1) is 19.8 Å². The monoisotopic (exact) mass is 497 g/mol. The molecule has 6 nitrogen and oxygen atoms in total. The number of rotatable bonds is 5. The molecule has 9 heteroatoms. The van der Waals surface area contributed by atoms with E-state index < -0.39 is 11.7 Å². The highest BCUT2D eigenvalue weighted by Crippen LogP contribution is 2.36. The summed E-state index contributed by atoms with van der Waals surface area (Å²) in [5.41, 5.74) is 9.47. The predicted octanol–water partition coefficient (Wildman–Crippen LogP) is 5.73. The van der Waals surface area contributed by atoms with E-state index in [0.717, 1.165) is 47.0 Å². The van der Waals surface area contributed by atoms with Gasteiger partial charge in [-0.2, -0.15) is 13.2 Å². The molecule has 3 N–H and O–H groups in total. The number of carbonyl (C=O) groups is 1. The van der Waals surface area contributed by atoms with Crippen molar-refractivity contribution in [1.29, 1.82) is 0 Å². The quantitative estimate of drug-likeness (QED) is 0.440. The Bertz CT molecular complexity index is 1350. The molecule has 0 fully saturated rings. The number of carbonyl (C=O) groups excluding carboxylic acids is 1. The number of halogens is 3. The minimum atomic E-state index is -4.47. The van der Waals surface area contributed by atoms with Crippen LogP contribution in [-0.2, 0) is 17.5 Å². The number of allylic oxidation sites excluding steroid dienone is 2. The Morgan fingerprint density at radius 1 is 1.14 bits per heavy atom. The van der Waals surface area contributed by atoms with Gasteiger partial charge >= 0.3 is 6.18 Å². The summed E-state index contributed by atoms with van der Waals surface area (Å²) in [7, 11) is 3.55. The molecule has 36 heavy (non-hydrogen) atoms. The molecule has 1 aromatic heterocycles. The van der Waals surface area contributed by atoms with Crippen molar-refractivity contribution >= 4 is 33.9 Å². The summed E-state index contributed by atoms with van der Waals surface area (Å²) in [5.74, 6) is 1.24. The molecular formula is C27H30F3N5O. The van der Waals surface area contributed by atoms with E-state index >= 15 is 0 Å². The second kappa shape index (κ2) is 9.79. The molecule has 0 aliphatic heterocycles. The fourth-order valence-corrected chi connectivity index (χ4v) is 4.72. The molecule has 1 heterocycles. The molecule has 3 aromatic rings. The number of fused-ring (bicyclic) bond motifs is 1. The molecule has 0 spiro atoms. The van der Waals surface area contributed by atoms with Gasteiger partial charge in [-0.25, -0.2) is 9.97 Å². The zero-order valence-electron chi connectivity index (χ0n) is 20.8. The molecule has 1 aliphatic rings. The number of nitrogens with one attached hydrogen (secondary N) is 1. The van der Waals surface area contributed by atoms with Gasteiger partial charge in [0.25, 0.3) is 0 Å². The maximum absolute atomic E-state index is 13.2. The third-order valence-corrected chi connectivity index (χ3v) is 6.50. The average Bonchev–Trinajstić information content (AvgIpc) is 2.80. The van der Waals surface area contributed by atoms with Crippen molar-refractivity contribution in [2.24, 2.45) is 5.92 Å². The molecule has 0 bridgehead atoms. The van der Waals surface area contributed by atoms with Crippen molar-refractivity contribution in [2.75, 3.05) is 25.1 Å². The number of benzene rings is 2. The van der Waals surface area contributed by atoms with Gasteiger partial charge in [-0.15, -0.1) is 0 Å². The van der Waals surface area contributed by atoms with E-state index in [1.807, 2.05) is 19.1 Å². The van der Waals surface area contributed by atoms with Crippen LogP contribution in [-0.4, -0.2) is 34.9 Å². The van der Waals surface area contributed by atoms with Gasteiger partial charge in [0, 0.05) is 37.6 Å². The molecule has 1 aliphatic carbocycles. The summed E-state index contributed by atoms with van der Waals surface area (Å²) < 4.78 is 39.6. The molecule has 0 radical (unpaired) electrons. The number of nitrogen functional groups attached to an aromatic ring is 1. The van der Waals surface area contributed by atoms with Crippen LogP contribution in [0.1, 0.15) is 47.3 Å². The van der Waals surface area contributed by atoms with Crippen LogP contribution in [0.25, 0.3) is 16.5 Å². The molecule has 190 valence electrons. The van der Waals surface area contributed by atoms with E-state index in [1.165, 1.54) is 11.6 Å². The summed E-state index contributed by atoms with van der Waals surface area (Å²) in [5, 5.41) is 3.98. The molecule has 0 saturated heterocycles. The highest BCUT2D eigenvalue weighted by atomic mass is 19.4. The van der Waals surface area contributed by atoms with Crippen molar-refractivity contribution in [3.05, 3.63) is 64.5 Å². The van der Waals surface area contributed by atoms with Gasteiger partial charge in [-0.05, 0) is 85.7 Å². The summed E-state index contributed by atoms with van der Waals surface area (Å²) in [6.45, 7) is 3.93. The van der Waals surface area contributed by atoms with Crippen LogP contribution in [0.5, 0.6) is 0 Å². The minimum absolute atomic E-state index is 0.00683. The van der Waals surface area contributed by atoms with Crippen LogP contribution in [0.4, 0.5) is 24.7 Å². The van der Waals surface area contributed by atoms with E-state index in [4.69, 9.17) is 5.73 Å². The van der Waals surface area contributed by atoms with Crippen LogP contribution in [0.2, 0.25) is 0 Å². The lowest BCUT2D eigenvalue weighted by Gasteiger charge is -2.25. The first kappa shape index (κ1) is 25.5. The van der Waals surface area contributed by atoms with Crippen molar-refractivity contribution in [1.82, 2.24) is 14.9 Å². The molecule has 1 amide bonds. The average molecular weight is 498 g/mol. The van der Waals surface area contributed by atoms with Gasteiger partial charge in [0.15, 0.2) is 0 Å². The summed E-state index contributed by atoms with van der Waals surface area (Å²) in [4.78, 5) is 23.1. The molecule has 2 aromatic carbocycles. The Kier molecular flexibility index (Phi) is 6.93. The molecule has 1 atom stereocenters. The molecule has 1 unspecified atom stereocenters. The number of anilines is 2.